The Hall–Kier alpha value is -0.340. The first-order chi connectivity index (χ1) is 4.30. The van der Waals surface area contributed by atoms with Crippen molar-refractivity contribution in [3.8, 4) is 0 Å². The van der Waals surface area contributed by atoms with E-state index in [0.717, 1.165) is 25.3 Å². The normalized spacial score (nSPS) is 27.9. The van der Waals surface area contributed by atoms with Gasteiger partial charge in [0.2, 0.25) is 0 Å². The van der Waals surface area contributed by atoms with Crippen molar-refractivity contribution in [2.24, 2.45) is 0 Å². The maximum atomic E-state index is 5.52. The van der Waals surface area contributed by atoms with Crippen molar-refractivity contribution >= 4 is 0 Å². The third-order valence-corrected chi connectivity index (χ3v) is 1.44. The van der Waals surface area contributed by atoms with Crippen LogP contribution in [0.2, 0.25) is 0 Å². The van der Waals surface area contributed by atoms with E-state index in [4.69, 9.17) is 11.3 Å². The van der Waals surface area contributed by atoms with Crippen LogP contribution in [-0.2, 0) is 4.74 Å². The second-order valence-electron chi connectivity index (χ2n) is 2.31. The maximum absolute atomic E-state index is 5.52. The van der Waals surface area contributed by atoms with Crippen molar-refractivity contribution in [1.82, 2.24) is 5.32 Å². The standard InChI is InChI=1S/C7H12NO/c1-6(2)7-5-8-3-4-9-7/h1,7-8H,3-5H2,2H3. The van der Waals surface area contributed by atoms with Gasteiger partial charge in [-0.05, 0) is 12.5 Å². The Morgan fingerprint density at radius 1 is 1.78 bits per heavy atom. The van der Waals surface area contributed by atoms with Gasteiger partial charge in [0, 0.05) is 13.1 Å². The summed E-state index contributed by atoms with van der Waals surface area (Å²) in [7, 11) is 0. The van der Waals surface area contributed by atoms with Crippen molar-refractivity contribution in [3.05, 3.63) is 12.2 Å². The van der Waals surface area contributed by atoms with Crippen LogP contribution in [0, 0.1) is 6.58 Å². The molecular weight excluding hydrogens is 114 g/mol. The third kappa shape index (κ3) is 1.80. The van der Waals surface area contributed by atoms with Crippen molar-refractivity contribution in [2.75, 3.05) is 19.7 Å². The quantitative estimate of drug-likeness (QED) is 0.547. The molecule has 1 atom stereocenters. The number of ether oxygens (including phenoxy) is 1. The molecule has 0 aromatic rings. The molecule has 1 radical (unpaired) electrons. The van der Waals surface area contributed by atoms with Crippen LogP contribution < -0.4 is 5.32 Å². The molecule has 0 aromatic heterocycles. The lowest BCUT2D eigenvalue weighted by molar-refractivity contribution is 0.0519. The van der Waals surface area contributed by atoms with Gasteiger partial charge in [0.25, 0.3) is 0 Å². The molecule has 0 bridgehead atoms. The number of hydrogen-bond acceptors (Lipinski definition) is 2. The molecule has 0 saturated carbocycles. The molecule has 1 fully saturated rings. The summed E-state index contributed by atoms with van der Waals surface area (Å²) in [4.78, 5) is 0. The number of morpholine rings is 1. The number of nitrogens with one attached hydrogen (secondary N) is 1. The Morgan fingerprint density at radius 2 is 2.56 bits per heavy atom. The fourth-order valence-electron chi connectivity index (χ4n) is 0.858. The van der Waals surface area contributed by atoms with Crippen molar-refractivity contribution in [1.29, 1.82) is 0 Å². The average molecular weight is 126 g/mol. The first kappa shape index (κ1) is 6.78. The molecule has 0 amide bonds. The van der Waals surface area contributed by atoms with Crippen molar-refractivity contribution in [2.45, 2.75) is 13.0 Å². The summed E-state index contributed by atoms with van der Waals surface area (Å²) >= 11 is 0. The zero-order valence-corrected chi connectivity index (χ0v) is 5.68. The van der Waals surface area contributed by atoms with Gasteiger partial charge >= 0.3 is 0 Å². The molecule has 0 aliphatic carbocycles. The van der Waals surface area contributed by atoms with Crippen molar-refractivity contribution in [3.63, 3.8) is 0 Å². The van der Waals surface area contributed by atoms with E-state index < -0.39 is 0 Å². The molecule has 1 saturated heterocycles. The second kappa shape index (κ2) is 2.99. The smallest absolute Gasteiger partial charge is 0.0910 e. The van der Waals surface area contributed by atoms with E-state index in [2.05, 4.69) is 5.32 Å². The highest BCUT2D eigenvalue weighted by molar-refractivity contribution is 4.97. The highest BCUT2D eigenvalue weighted by Gasteiger charge is 2.12. The highest BCUT2D eigenvalue weighted by Crippen LogP contribution is 2.04. The van der Waals surface area contributed by atoms with E-state index in [1.165, 1.54) is 0 Å². The molecule has 2 heteroatoms. The Morgan fingerprint density at radius 3 is 2.89 bits per heavy atom. The Labute approximate surface area is 55.9 Å². The molecule has 1 rings (SSSR count). The van der Waals surface area contributed by atoms with Crippen LogP contribution in [-0.4, -0.2) is 25.8 Å². The Balaban J connectivity index is 2.31. The second-order valence-corrected chi connectivity index (χ2v) is 2.31. The van der Waals surface area contributed by atoms with E-state index in [1.807, 2.05) is 6.92 Å². The molecule has 1 aliphatic heterocycles. The molecule has 0 spiro atoms. The van der Waals surface area contributed by atoms with Crippen LogP contribution in [0.1, 0.15) is 6.92 Å². The molecule has 1 aliphatic rings. The van der Waals surface area contributed by atoms with Crippen LogP contribution in [0.25, 0.3) is 0 Å². The summed E-state index contributed by atoms with van der Waals surface area (Å²) in [5, 5.41) is 3.19. The molecule has 0 aromatic carbocycles. The average Bonchev–Trinajstić information content (AvgIpc) is 1.90. The minimum atomic E-state index is 0.138. The molecule has 9 heavy (non-hydrogen) atoms. The minimum Gasteiger partial charge on any atom is -0.371 e. The fraction of sp³-hybridized carbons (Fsp3) is 0.714. The molecule has 1 heterocycles. The van der Waals surface area contributed by atoms with Crippen molar-refractivity contribution < 1.29 is 4.74 Å². The zero-order valence-electron chi connectivity index (χ0n) is 5.68. The van der Waals surface area contributed by atoms with Gasteiger partial charge in [-0.2, -0.15) is 0 Å². The van der Waals surface area contributed by atoms with Gasteiger partial charge < -0.3 is 10.1 Å². The zero-order chi connectivity index (χ0) is 6.69. The number of rotatable bonds is 1. The summed E-state index contributed by atoms with van der Waals surface area (Å²) in [6, 6.07) is 0. The van der Waals surface area contributed by atoms with Gasteiger partial charge in [-0.1, -0.05) is 6.58 Å². The van der Waals surface area contributed by atoms with E-state index in [-0.39, 0.29) is 6.10 Å². The highest BCUT2D eigenvalue weighted by atomic mass is 16.5. The lowest BCUT2D eigenvalue weighted by atomic mass is 10.2. The van der Waals surface area contributed by atoms with Crippen LogP contribution in [0.3, 0.4) is 0 Å². The van der Waals surface area contributed by atoms with Gasteiger partial charge in [-0.15, -0.1) is 0 Å². The Kier molecular flexibility index (Phi) is 2.25. The lowest BCUT2D eigenvalue weighted by Gasteiger charge is -2.23. The predicted octanol–water partition coefficient (Wildman–Crippen LogP) is 0.354. The van der Waals surface area contributed by atoms with E-state index in [0.29, 0.717) is 0 Å². The molecular formula is C7H12NO. The lowest BCUT2D eigenvalue weighted by Crippen LogP contribution is -2.38. The molecule has 51 valence electrons. The van der Waals surface area contributed by atoms with Crippen LogP contribution in [0.15, 0.2) is 5.57 Å². The van der Waals surface area contributed by atoms with Gasteiger partial charge in [-0.25, -0.2) is 0 Å². The topological polar surface area (TPSA) is 21.3 Å². The summed E-state index contributed by atoms with van der Waals surface area (Å²) in [5.41, 5.74) is 0.863. The maximum Gasteiger partial charge on any atom is 0.0910 e. The summed E-state index contributed by atoms with van der Waals surface area (Å²) in [6.07, 6.45) is 0.138. The first-order valence-electron chi connectivity index (χ1n) is 3.22. The fourth-order valence-corrected chi connectivity index (χ4v) is 0.858. The monoisotopic (exact) mass is 126 g/mol. The first-order valence-corrected chi connectivity index (χ1v) is 3.22. The van der Waals surface area contributed by atoms with Crippen LogP contribution in [0.4, 0.5) is 0 Å². The largest absolute Gasteiger partial charge is 0.371 e. The van der Waals surface area contributed by atoms with Crippen LogP contribution >= 0.6 is 0 Å². The van der Waals surface area contributed by atoms with E-state index >= 15 is 0 Å². The van der Waals surface area contributed by atoms with Gasteiger partial charge in [0.15, 0.2) is 0 Å². The number of hydrogen-bond donors (Lipinski definition) is 1. The van der Waals surface area contributed by atoms with E-state index in [1.54, 1.807) is 0 Å². The van der Waals surface area contributed by atoms with E-state index in [9.17, 15) is 0 Å². The SMILES string of the molecule is [CH]=C(C)C1CNCCO1. The molecule has 1 N–H and O–H groups in total. The minimum absolute atomic E-state index is 0.138. The summed E-state index contributed by atoms with van der Waals surface area (Å²) in [6.45, 7) is 9.99. The molecule has 1 unspecified atom stereocenters. The Bertz CT molecular complexity index is 105. The summed E-state index contributed by atoms with van der Waals surface area (Å²) in [5.74, 6) is 0. The predicted molar refractivity (Wildman–Crippen MR) is 36.1 cm³/mol. The van der Waals surface area contributed by atoms with Gasteiger partial charge in [-0.3, -0.25) is 0 Å². The van der Waals surface area contributed by atoms with Gasteiger partial charge in [0.1, 0.15) is 0 Å². The van der Waals surface area contributed by atoms with Crippen LogP contribution in [0.5, 0.6) is 0 Å². The third-order valence-electron chi connectivity index (χ3n) is 1.44. The summed E-state index contributed by atoms with van der Waals surface area (Å²) < 4.78 is 5.31. The van der Waals surface area contributed by atoms with Gasteiger partial charge in [0.05, 0.1) is 12.7 Å². The molecule has 2 nitrogen and oxygen atoms in total.